The molecule has 4 nitrogen and oxygen atoms in total. The minimum absolute atomic E-state index is 0.0356. The van der Waals surface area contributed by atoms with Crippen LogP contribution in [0.5, 0.6) is 0 Å². The van der Waals surface area contributed by atoms with Gasteiger partial charge in [0.1, 0.15) is 5.78 Å². The van der Waals surface area contributed by atoms with E-state index in [0.29, 0.717) is 12.8 Å². The highest BCUT2D eigenvalue weighted by atomic mass is 32.2. The lowest BCUT2D eigenvalue weighted by molar-refractivity contribution is -0.123. The number of hydrogen-bond acceptors (Lipinski definition) is 4. The lowest BCUT2D eigenvalue weighted by Gasteiger charge is -2.30. The van der Waals surface area contributed by atoms with Gasteiger partial charge in [0, 0.05) is 24.3 Å². The van der Waals surface area contributed by atoms with Crippen molar-refractivity contribution >= 4 is 21.4 Å². The fraction of sp³-hybridized carbons (Fsp3) is 0.636. The maximum absolute atomic E-state index is 12.7. The molecule has 1 fully saturated rings. The van der Waals surface area contributed by atoms with Crippen LogP contribution in [0, 0.1) is 11.8 Å². The van der Waals surface area contributed by atoms with Gasteiger partial charge in [0.25, 0.3) is 0 Å². The Hall–Kier alpha value is -1.49. The van der Waals surface area contributed by atoms with Crippen molar-refractivity contribution in [3.05, 3.63) is 34.9 Å². The standard InChI is InChI=1S/C22H30O4S/c1-22(2,3)27(25,26)14-15-4-7-17(8-5-15)21(24)13-16-6-10-19-18(12-16)9-11-20(19)23/h6,10,12,15,17H,4-5,7-9,11,13-14H2,1-3H3. The van der Waals surface area contributed by atoms with Crippen LogP contribution in [0.25, 0.3) is 0 Å². The topological polar surface area (TPSA) is 68.3 Å². The van der Waals surface area contributed by atoms with E-state index in [9.17, 15) is 18.0 Å². The summed E-state index contributed by atoms with van der Waals surface area (Å²) in [6.45, 7) is 5.25. The second kappa shape index (κ2) is 7.50. The molecular weight excluding hydrogens is 360 g/mol. The van der Waals surface area contributed by atoms with Crippen molar-refractivity contribution in [1.82, 2.24) is 0 Å². The third kappa shape index (κ3) is 4.50. The fourth-order valence-electron chi connectivity index (χ4n) is 4.18. The van der Waals surface area contributed by atoms with E-state index in [4.69, 9.17) is 0 Å². The maximum atomic E-state index is 12.7. The van der Waals surface area contributed by atoms with Gasteiger partial charge in [0.05, 0.1) is 10.5 Å². The Kier molecular flexibility index (Phi) is 5.62. The van der Waals surface area contributed by atoms with E-state index >= 15 is 0 Å². The molecular formula is C22H30O4S. The summed E-state index contributed by atoms with van der Waals surface area (Å²) >= 11 is 0. The molecule has 0 heterocycles. The van der Waals surface area contributed by atoms with E-state index in [0.717, 1.165) is 48.8 Å². The van der Waals surface area contributed by atoms with Gasteiger partial charge in [0.2, 0.25) is 0 Å². The van der Waals surface area contributed by atoms with Crippen LogP contribution in [0.4, 0.5) is 0 Å². The predicted octanol–water partition coefficient (Wildman–Crippen LogP) is 3.95. The van der Waals surface area contributed by atoms with Gasteiger partial charge < -0.3 is 0 Å². The second-order valence-electron chi connectivity index (χ2n) is 9.17. The number of hydrogen-bond donors (Lipinski definition) is 0. The highest BCUT2D eigenvalue weighted by Gasteiger charge is 2.34. The predicted molar refractivity (Wildman–Crippen MR) is 107 cm³/mol. The van der Waals surface area contributed by atoms with Gasteiger partial charge in [0.15, 0.2) is 15.6 Å². The molecule has 0 atom stereocenters. The molecule has 2 aliphatic carbocycles. The number of carbonyl (C=O) groups excluding carboxylic acids is 2. The summed E-state index contributed by atoms with van der Waals surface area (Å²) in [4.78, 5) is 24.4. The minimum Gasteiger partial charge on any atom is -0.299 e. The van der Waals surface area contributed by atoms with E-state index in [2.05, 4.69) is 0 Å². The first-order valence-electron chi connectivity index (χ1n) is 9.97. The van der Waals surface area contributed by atoms with Crippen molar-refractivity contribution in [2.75, 3.05) is 5.75 Å². The molecule has 148 valence electrons. The molecule has 0 radical (unpaired) electrons. The number of fused-ring (bicyclic) bond motifs is 1. The summed E-state index contributed by atoms with van der Waals surface area (Å²) in [7, 11) is -3.11. The summed E-state index contributed by atoms with van der Waals surface area (Å²) < 4.78 is 24.1. The summed E-state index contributed by atoms with van der Waals surface area (Å²) in [5.41, 5.74) is 2.87. The smallest absolute Gasteiger partial charge is 0.163 e. The van der Waals surface area contributed by atoms with Gasteiger partial charge in [-0.15, -0.1) is 0 Å². The number of sulfone groups is 1. The van der Waals surface area contributed by atoms with Crippen LogP contribution in [-0.2, 0) is 27.5 Å². The van der Waals surface area contributed by atoms with E-state index in [1.165, 1.54) is 0 Å². The molecule has 0 N–H and O–H groups in total. The van der Waals surface area contributed by atoms with Crippen molar-refractivity contribution in [3.63, 3.8) is 0 Å². The number of rotatable bonds is 5. The summed E-state index contributed by atoms with van der Waals surface area (Å²) in [5.74, 6) is 0.886. The molecule has 0 aliphatic heterocycles. The summed E-state index contributed by atoms with van der Waals surface area (Å²) in [6.07, 6.45) is 4.96. The molecule has 0 spiro atoms. The average molecular weight is 391 g/mol. The third-order valence-electron chi connectivity index (χ3n) is 6.16. The molecule has 0 amide bonds. The number of benzene rings is 1. The largest absolute Gasteiger partial charge is 0.299 e. The molecule has 2 aliphatic rings. The molecule has 0 saturated heterocycles. The first-order chi connectivity index (χ1) is 12.6. The third-order valence-corrected chi connectivity index (χ3v) is 8.94. The average Bonchev–Trinajstić information content (AvgIpc) is 2.95. The van der Waals surface area contributed by atoms with Crippen molar-refractivity contribution in [1.29, 1.82) is 0 Å². The summed E-state index contributed by atoms with van der Waals surface area (Å²) in [5, 5.41) is 0. The van der Waals surface area contributed by atoms with Crippen molar-refractivity contribution in [2.24, 2.45) is 11.8 Å². The Morgan fingerprint density at radius 3 is 2.37 bits per heavy atom. The minimum atomic E-state index is -3.11. The van der Waals surface area contributed by atoms with Crippen LogP contribution >= 0.6 is 0 Å². The maximum Gasteiger partial charge on any atom is 0.163 e. The fourth-order valence-corrected chi connectivity index (χ4v) is 5.63. The van der Waals surface area contributed by atoms with Crippen LogP contribution in [-0.4, -0.2) is 30.5 Å². The lowest BCUT2D eigenvalue weighted by Crippen LogP contribution is -2.35. The Morgan fingerprint density at radius 1 is 1.07 bits per heavy atom. The van der Waals surface area contributed by atoms with Crippen LogP contribution in [0.3, 0.4) is 0 Å². The molecule has 1 aromatic rings. The number of Topliss-reactive ketones (excluding diaryl/α,β-unsaturated/α-hetero) is 2. The second-order valence-corrected chi connectivity index (χ2v) is 12.0. The van der Waals surface area contributed by atoms with Crippen LogP contribution in [0.1, 0.15) is 74.4 Å². The monoisotopic (exact) mass is 390 g/mol. The van der Waals surface area contributed by atoms with Gasteiger partial charge in [-0.1, -0.05) is 18.2 Å². The first-order valence-corrected chi connectivity index (χ1v) is 11.6. The van der Waals surface area contributed by atoms with E-state index in [1.807, 2.05) is 18.2 Å². The van der Waals surface area contributed by atoms with Crippen LogP contribution < -0.4 is 0 Å². The van der Waals surface area contributed by atoms with Crippen molar-refractivity contribution in [3.8, 4) is 0 Å². The number of carbonyl (C=O) groups is 2. The Morgan fingerprint density at radius 2 is 1.74 bits per heavy atom. The van der Waals surface area contributed by atoms with Gasteiger partial charge in [-0.2, -0.15) is 0 Å². The van der Waals surface area contributed by atoms with Crippen molar-refractivity contribution in [2.45, 2.75) is 70.5 Å². The van der Waals surface area contributed by atoms with E-state index in [1.54, 1.807) is 20.8 Å². The Labute approximate surface area is 162 Å². The van der Waals surface area contributed by atoms with Gasteiger partial charge >= 0.3 is 0 Å². The van der Waals surface area contributed by atoms with Gasteiger partial charge in [-0.25, -0.2) is 8.42 Å². The Bertz CT molecular complexity index is 838. The summed E-state index contributed by atoms with van der Waals surface area (Å²) in [6, 6.07) is 5.78. The van der Waals surface area contributed by atoms with Crippen LogP contribution in [0.15, 0.2) is 18.2 Å². The normalized spacial score (nSPS) is 23.3. The van der Waals surface area contributed by atoms with E-state index < -0.39 is 14.6 Å². The molecule has 0 unspecified atom stereocenters. The lowest BCUT2D eigenvalue weighted by atomic mass is 9.79. The van der Waals surface area contributed by atoms with Crippen LogP contribution in [0.2, 0.25) is 0 Å². The molecule has 0 aromatic heterocycles. The molecule has 0 bridgehead atoms. The van der Waals surface area contributed by atoms with Gasteiger partial charge in [-0.3, -0.25) is 9.59 Å². The first kappa shape index (κ1) is 20.2. The quantitative estimate of drug-likeness (QED) is 0.763. The zero-order chi connectivity index (χ0) is 19.8. The molecule has 1 saturated carbocycles. The van der Waals surface area contributed by atoms with E-state index in [-0.39, 0.29) is 29.2 Å². The number of aryl methyl sites for hydroxylation is 1. The molecule has 27 heavy (non-hydrogen) atoms. The van der Waals surface area contributed by atoms with Crippen molar-refractivity contribution < 1.29 is 18.0 Å². The highest BCUT2D eigenvalue weighted by molar-refractivity contribution is 7.92. The molecule has 3 rings (SSSR count). The van der Waals surface area contributed by atoms with Gasteiger partial charge in [-0.05, 0) is 69.9 Å². The zero-order valence-electron chi connectivity index (χ0n) is 16.6. The Balaban J connectivity index is 1.54. The SMILES string of the molecule is CC(C)(C)S(=O)(=O)CC1CCC(C(=O)Cc2ccc3c(c2)CCC3=O)CC1. The zero-order valence-corrected chi connectivity index (χ0v) is 17.4. The number of ketones is 2. The molecule has 1 aromatic carbocycles. The highest BCUT2D eigenvalue weighted by Crippen LogP contribution is 2.33. The molecule has 5 heteroatoms.